The minimum absolute atomic E-state index is 0. The third-order valence-corrected chi connectivity index (χ3v) is 3.73. The molecule has 2 rings (SSSR count). The van der Waals surface area contributed by atoms with Crippen LogP contribution in [0.2, 0.25) is 0 Å². The molecule has 1 heterocycles. The first-order chi connectivity index (χ1) is 12.1. The van der Waals surface area contributed by atoms with E-state index in [2.05, 4.69) is 37.3 Å². The van der Waals surface area contributed by atoms with Crippen molar-refractivity contribution in [2.45, 2.75) is 32.9 Å². The highest BCUT2D eigenvalue weighted by atomic mass is 127. The molecule has 0 aliphatic carbocycles. The van der Waals surface area contributed by atoms with Gasteiger partial charge in [0.2, 0.25) is 0 Å². The van der Waals surface area contributed by atoms with Crippen LogP contribution >= 0.6 is 24.0 Å². The highest BCUT2D eigenvalue weighted by Crippen LogP contribution is 2.16. The van der Waals surface area contributed by atoms with Crippen LogP contribution in [0.15, 0.2) is 41.5 Å². The number of rotatable bonds is 8. The SMILES string of the molecule is CN=C(NCCCOC(C)C)N(C)Cc1ncc(-c2ccccc2)[nH]1.I. The molecule has 1 aromatic carbocycles. The minimum Gasteiger partial charge on any atom is -0.379 e. The van der Waals surface area contributed by atoms with Crippen LogP contribution in [-0.2, 0) is 11.3 Å². The Morgan fingerprint density at radius 1 is 1.31 bits per heavy atom. The van der Waals surface area contributed by atoms with Crippen LogP contribution in [0.5, 0.6) is 0 Å². The van der Waals surface area contributed by atoms with Crippen molar-refractivity contribution in [2.24, 2.45) is 4.99 Å². The molecule has 0 aliphatic rings. The standard InChI is InChI=1S/C19H29N5O.HI/c1-15(2)25-12-8-11-21-19(20-3)24(4)14-18-22-13-17(23-18)16-9-6-5-7-10-16;/h5-7,9-10,13,15H,8,11-12,14H2,1-4H3,(H,20,21)(H,22,23);1H. The zero-order chi connectivity index (χ0) is 18.1. The maximum absolute atomic E-state index is 5.55. The molecule has 26 heavy (non-hydrogen) atoms. The highest BCUT2D eigenvalue weighted by Gasteiger charge is 2.09. The van der Waals surface area contributed by atoms with E-state index in [0.717, 1.165) is 42.6 Å². The molecule has 0 atom stereocenters. The van der Waals surface area contributed by atoms with Gasteiger partial charge < -0.3 is 19.9 Å². The summed E-state index contributed by atoms with van der Waals surface area (Å²) < 4.78 is 5.55. The summed E-state index contributed by atoms with van der Waals surface area (Å²) in [7, 11) is 3.80. The van der Waals surface area contributed by atoms with Crippen LogP contribution in [0.1, 0.15) is 26.1 Å². The molecular formula is C19H30IN5O. The fraction of sp³-hybridized carbons (Fsp3) is 0.474. The molecule has 1 aromatic heterocycles. The summed E-state index contributed by atoms with van der Waals surface area (Å²) in [6.45, 7) is 6.34. The predicted octanol–water partition coefficient (Wildman–Crippen LogP) is 3.52. The Hall–Kier alpha value is -1.61. The maximum Gasteiger partial charge on any atom is 0.193 e. The second kappa shape index (κ2) is 11.9. The molecule has 6 nitrogen and oxygen atoms in total. The number of nitrogens with one attached hydrogen (secondary N) is 2. The lowest BCUT2D eigenvalue weighted by Gasteiger charge is -2.21. The second-order valence-electron chi connectivity index (χ2n) is 6.21. The van der Waals surface area contributed by atoms with E-state index in [1.807, 2.05) is 45.3 Å². The molecular weight excluding hydrogens is 441 g/mol. The van der Waals surface area contributed by atoms with Crippen LogP contribution in [0.3, 0.4) is 0 Å². The summed E-state index contributed by atoms with van der Waals surface area (Å²) in [5, 5.41) is 3.36. The predicted molar refractivity (Wildman–Crippen MR) is 118 cm³/mol. The normalized spacial score (nSPS) is 11.3. The Bertz CT molecular complexity index is 657. The molecule has 0 spiro atoms. The first-order valence-corrected chi connectivity index (χ1v) is 8.73. The zero-order valence-corrected chi connectivity index (χ0v) is 18.4. The van der Waals surface area contributed by atoms with Crippen LogP contribution < -0.4 is 5.32 Å². The molecule has 0 radical (unpaired) electrons. The molecule has 0 unspecified atom stereocenters. The molecule has 144 valence electrons. The number of halogens is 1. The van der Waals surface area contributed by atoms with Crippen molar-refractivity contribution < 1.29 is 4.74 Å². The lowest BCUT2D eigenvalue weighted by molar-refractivity contribution is 0.0776. The van der Waals surface area contributed by atoms with E-state index in [1.165, 1.54) is 0 Å². The van der Waals surface area contributed by atoms with Crippen molar-refractivity contribution in [3.05, 3.63) is 42.4 Å². The number of imidazole rings is 1. The lowest BCUT2D eigenvalue weighted by atomic mass is 10.2. The smallest absolute Gasteiger partial charge is 0.193 e. The molecule has 0 saturated heterocycles. The van der Waals surface area contributed by atoms with E-state index in [0.29, 0.717) is 6.54 Å². The number of H-pyrrole nitrogens is 1. The van der Waals surface area contributed by atoms with Crippen molar-refractivity contribution >= 4 is 29.9 Å². The number of aromatic amines is 1. The van der Waals surface area contributed by atoms with Crippen LogP contribution in [0.25, 0.3) is 11.3 Å². The fourth-order valence-electron chi connectivity index (χ4n) is 2.48. The van der Waals surface area contributed by atoms with E-state index in [1.54, 1.807) is 7.05 Å². The highest BCUT2D eigenvalue weighted by molar-refractivity contribution is 14.0. The average molecular weight is 471 g/mol. The van der Waals surface area contributed by atoms with E-state index >= 15 is 0 Å². The minimum atomic E-state index is 0. The quantitative estimate of drug-likeness (QED) is 0.268. The third-order valence-electron chi connectivity index (χ3n) is 3.73. The lowest BCUT2D eigenvalue weighted by Crippen LogP contribution is -2.39. The van der Waals surface area contributed by atoms with Gasteiger partial charge in [0, 0.05) is 27.2 Å². The van der Waals surface area contributed by atoms with Gasteiger partial charge in [-0.1, -0.05) is 30.3 Å². The van der Waals surface area contributed by atoms with Gasteiger partial charge in [0.15, 0.2) is 5.96 Å². The number of hydrogen-bond acceptors (Lipinski definition) is 3. The van der Waals surface area contributed by atoms with Crippen molar-refractivity contribution in [3.8, 4) is 11.3 Å². The molecule has 0 amide bonds. The fourth-order valence-corrected chi connectivity index (χ4v) is 2.48. The third kappa shape index (κ3) is 7.33. The molecule has 0 saturated carbocycles. The number of nitrogens with zero attached hydrogens (tertiary/aromatic N) is 3. The van der Waals surface area contributed by atoms with Gasteiger partial charge in [0.25, 0.3) is 0 Å². The van der Waals surface area contributed by atoms with Crippen LogP contribution in [-0.4, -0.2) is 54.2 Å². The van der Waals surface area contributed by atoms with Gasteiger partial charge in [0.05, 0.1) is 24.5 Å². The monoisotopic (exact) mass is 471 g/mol. The summed E-state index contributed by atoms with van der Waals surface area (Å²) in [4.78, 5) is 14.2. The van der Waals surface area contributed by atoms with Gasteiger partial charge in [-0.3, -0.25) is 4.99 Å². The van der Waals surface area contributed by atoms with Gasteiger partial charge in [-0.2, -0.15) is 0 Å². The van der Waals surface area contributed by atoms with Crippen LogP contribution in [0, 0.1) is 0 Å². The number of aromatic nitrogens is 2. The van der Waals surface area contributed by atoms with Gasteiger partial charge >= 0.3 is 0 Å². The van der Waals surface area contributed by atoms with Crippen molar-refractivity contribution in [1.82, 2.24) is 20.2 Å². The number of ether oxygens (including phenoxy) is 1. The van der Waals surface area contributed by atoms with Crippen molar-refractivity contribution in [3.63, 3.8) is 0 Å². The Labute approximate surface area is 173 Å². The van der Waals surface area contributed by atoms with Gasteiger partial charge in [-0.15, -0.1) is 24.0 Å². The molecule has 2 aromatic rings. The first-order valence-electron chi connectivity index (χ1n) is 8.73. The maximum atomic E-state index is 5.55. The molecule has 0 fully saturated rings. The summed E-state index contributed by atoms with van der Waals surface area (Å²) in [5.74, 6) is 1.76. The number of aliphatic imine (C=N–C) groups is 1. The van der Waals surface area contributed by atoms with Crippen LogP contribution in [0.4, 0.5) is 0 Å². The van der Waals surface area contributed by atoms with Gasteiger partial charge in [-0.05, 0) is 25.8 Å². The van der Waals surface area contributed by atoms with E-state index in [4.69, 9.17) is 4.74 Å². The summed E-state index contributed by atoms with van der Waals surface area (Å²) in [5.41, 5.74) is 2.16. The number of benzene rings is 1. The number of hydrogen-bond donors (Lipinski definition) is 2. The zero-order valence-electron chi connectivity index (χ0n) is 16.0. The second-order valence-corrected chi connectivity index (χ2v) is 6.21. The average Bonchev–Trinajstić information content (AvgIpc) is 3.07. The molecule has 0 bridgehead atoms. The van der Waals surface area contributed by atoms with Gasteiger partial charge in [-0.25, -0.2) is 4.98 Å². The van der Waals surface area contributed by atoms with Gasteiger partial charge in [0.1, 0.15) is 5.82 Å². The Morgan fingerprint density at radius 2 is 2.04 bits per heavy atom. The Kier molecular flexibility index (Phi) is 10.3. The molecule has 0 aliphatic heterocycles. The number of guanidine groups is 1. The van der Waals surface area contributed by atoms with Crippen molar-refractivity contribution in [1.29, 1.82) is 0 Å². The first kappa shape index (κ1) is 22.4. The summed E-state index contributed by atoms with van der Waals surface area (Å²) in [6, 6.07) is 10.2. The van der Waals surface area contributed by atoms with E-state index < -0.39 is 0 Å². The Morgan fingerprint density at radius 3 is 2.69 bits per heavy atom. The summed E-state index contributed by atoms with van der Waals surface area (Å²) >= 11 is 0. The van der Waals surface area contributed by atoms with Crippen molar-refractivity contribution in [2.75, 3.05) is 27.2 Å². The molecule has 2 N–H and O–H groups in total. The Balaban J connectivity index is 0.00000338. The largest absolute Gasteiger partial charge is 0.379 e. The topological polar surface area (TPSA) is 65.5 Å². The van der Waals surface area contributed by atoms with E-state index in [9.17, 15) is 0 Å². The van der Waals surface area contributed by atoms with E-state index in [-0.39, 0.29) is 30.1 Å². The molecule has 7 heteroatoms. The summed E-state index contributed by atoms with van der Waals surface area (Å²) in [6.07, 6.45) is 3.10.